The maximum absolute atomic E-state index is 6.13. The lowest BCUT2D eigenvalue weighted by Crippen LogP contribution is -1.90. The summed E-state index contributed by atoms with van der Waals surface area (Å²) in [6.45, 7) is 3.57. The first-order valence-corrected chi connectivity index (χ1v) is 9.21. The summed E-state index contributed by atoms with van der Waals surface area (Å²) in [5.41, 5.74) is 3.04. The molecule has 0 aliphatic carbocycles. The standard InChI is InChI=1S/C23H25NO2/c1-2-25-18-12-4-3-11-17-21-24-22(19-13-7-5-8-14-19)23(26-21)20-15-9-6-10-16-20/h3-10,13-16H,2,11-12,17-18H2,1H3. The van der Waals surface area contributed by atoms with E-state index in [0.29, 0.717) is 0 Å². The number of oxazole rings is 1. The van der Waals surface area contributed by atoms with Gasteiger partial charge in [-0.2, -0.15) is 0 Å². The molecule has 1 heterocycles. The number of allylic oxidation sites excluding steroid dienone is 1. The first kappa shape index (κ1) is 18.2. The fraction of sp³-hybridized carbons (Fsp3) is 0.261. The maximum atomic E-state index is 6.13. The van der Waals surface area contributed by atoms with Gasteiger partial charge in [0.1, 0.15) is 5.69 Å². The summed E-state index contributed by atoms with van der Waals surface area (Å²) in [7, 11) is 0. The van der Waals surface area contributed by atoms with Gasteiger partial charge in [0.15, 0.2) is 11.7 Å². The van der Waals surface area contributed by atoms with Crippen LogP contribution in [-0.4, -0.2) is 18.2 Å². The normalized spacial score (nSPS) is 11.3. The zero-order chi connectivity index (χ0) is 18.0. The molecule has 26 heavy (non-hydrogen) atoms. The SMILES string of the molecule is CCOCCC=CCCc1nc(-c2ccccc2)c(-c2ccccc2)o1. The summed E-state index contributed by atoms with van der Waals surface area (Å²) in [4.78, 5) is 4.78. The summed E-state index contributed by atoms with van der Waals surface area (Å²) in [6, 6.07) is 20.4. The Morgan fingerprint density at radius 1 is 0.885 bits per heavy atom. The monoisotopic (exact) mass is 347 g/mol. The topological polar surface area (TPSA) is 35.3 Å². The summed E-state index contributed by atoms with van der Waals surface area (Å²) < 4.78 is 11.5. The fourth-order valence-electron chi connectivity index (χ4n) is 2.79. The van der Waals surface area contributed by atoms with Gasteiger partial charge in [0.2, 0.25) is 0 Å². The fourth-order valence-corrected chi connectivity index (χ4v) is 2.79. The predicted octanol–water partition coefficient (Wildman–Crippen LogP) is 5.92. The molecule has 1 aromatic heterocycles. The van der Waals surface area contributed by atoms with Crippen LogP contribution in [-0.2, 0) is 11.2 Å². The van der Waals surface area contributed by atoms with Gasteiger partial charge in [0, 0.05) is 30.8 Å². The summed E-state index contributed by atoms with van der Waals surface area (Å²) >= 11 is 0. The number of rotatable bonds is 9. The van der Waals surface area contributed by atoms with Crippen molar-refractivity contribution in [3.8, 4) is 22.6 Å². The molecule has 0 fully saturated rings. The van der Waals surface area contributed by atoms with Gasteiger partial charge in [-0.05, 0) is 19.8 Å². The Morgan fingerprint density at radius 2 is 1.54 bits per heavy atom. The van der Waals surface area contributed by atoms with Crippen LogP contribution in [0.1, 0.15) is 25.7 Å². The Bertz CT molecular complexity index is 750. The Morgan fingerprint density at radius 3 is 2.23 bits per heavy atom. The largest absolute Gasteiger partial charge is 0.440 e. The quantitative estimate of drug-likeness (QED) is 0.356. The molecule has 0 saturated carbocycles. The van der Waals surface area contributed by atoms with E-state index >= 15 is 0 Å². The molecular formula is C23H25NO2. The van der Waals surface area contributed by atoms with Crippen molar-refractivity contribution in [3.63, 3.8) is 0 Å². The second-order valence-electron chi connectivity index (χ2n) is 6.01. The van der Waals surface area contributed by atoms with Crippen molar-refractivity contribution < 1.29 is 9.15 Å². The van der Waals surface area contributed by atoms with Gasteiger partial charge >= 0.3 is 0 Å². The lowest BCUT2D eigenvalue weighted by Gasteiger charge is -2.00. The van der Waals surface area contributed by atoms with E-state index < -0.39 is 0 Å². The molecule has 0 aliphatic rings. The molecule has 2 aromatic carbocycles. The van der Waals surface area contributed by atoms with Crippen LogP contribution >= 0.6 is 0 Å². The highest BCUT2D eigenvalue weighted by Crippen LogP contribution is 2.32. The van der Waals surface area contributed by atoms with Crippen molar-refractivity contribution >= 4 is 0 Å². The van der Waals surface area contributed by atoms with Crippen LogP contribution in [0.5, 0.6) is 0 Å². The van der Waals surface area contributed by atoms with Gasteiger partial charge in [0.05, 0.1) is 0 Å². The number of aromatic nitrogens is 1. The second-order valence-corrected chi connectivity index (χ2v) is 6.01. The number of hydrogen-bond donors (Lipinski definition) is 0. The van der Waals surface area contributed by atoms with Gasteiger partial charge in [-0.25, -0.2) is 4.98 Å². The lowest BCUT2D eigenvalue weighted by molar-refractivity contribution is 0.152. The molecule has 3 heteroatoms. The minimum absolute atomic E-state index is 0.773. The Hall–Kier alpha value is -2.65. The number of benzene rings is 2. The minimum atomic E-state index is 0.773. The number of ether oxygens (including phenoxy) is 1. The van der Waals surface area contributed by atoms with E-state index in [-0.39, 0.29) is 0 Å². The molecule has 0 N–H and O–H groups in total. The van der Waals surface area contributed by atoms with Crippen molar-refractivity contribution in [1.29, 1.82) is 0 Å². The van der Waals surface area contributed by atoms with E-state index in [1.54, 1.807) is 0 Å². The third-order valence-electron chi connectivity index (χ3n) is 4.08. The molecule has 0 unspecified atom stereocenters. The molecule has 3 rings (SSSR count). The molecular weight excluding hydrogens is 322 g/mol. The highest BCUT2D eigenvalue weighted by atomic mass is 16.5. The molecule has 134 valence electrons. The smallest absolute Gasteiger partial charge is 0.195 e. The van der Waals surface area contributed by atoms with Gasteiger partial charge in [0.25, 0.3) is 0 Å². The van der Waals surface area contributed by atoms with E-state index in [1.165, 1.54) is 0 Å². The van der Waals surface area contributed by atoms with Crippen molar-refractivity contribution in [3.05, 3.63) is 78.7 Å². The molecule has 3 nitrogen and oxygen atoms in total. The van der Waals surface area contributed by atoms with Gasteiger partial charge in [-0.15, -0.1) is 0 Å². The van der Waals surface area contributed by atoms with Crippen LogP contribution in [0.3, 0.4) is 0 Å². The number of nitrogens with zero attached hydrogens (tertiary/aromatic N) is 1. The average Bonchev–Trinajstić information content (AvgIpc) is 3.13. The molecule has 0 spiro atoms. The lowest BCUT2D eigenvalue weighted by atomic mass is 10.1. The molecule has 0 amide bonds. The highest BCUT2D eigenvalue weighted by molar-refractivity contribution is 5.76. The molecule has 3 aromatic rings. The van der Waals surface area contributed by atoms with E-state index in [2.05, 4.69) is 36.4 Å². The molecule has 0 atom stereocenters. The first-order chi connectivity index (χ1) is 12.9. The maximum Gasteiger partial charge on any atom is 0.195 e. The second kappa shape index (κ2) is 9.73. The zero-order valence-corrected chi connectivity index (χ0v) is 15.2. The van der Waals surface area contributed by atoms with Gasteiger partial charge < -0.3 is 9.15 Å². The average molecular weight is 347 g/mol. The Balaban J connectivity index is 1.75. The van der Waals surface area contributed by atoms with Crippen LogP contribution in [0.25, 0.3) is 22.6 Å². The van der Waals surface area contributed by atoms with Crippen molar-refractivity contribution in [2.45, 2.75) is 26.2 Å². The predicted molar refractivity (Wildman–Crippen MR) is 106 cm³/mol. The van der Waals surface area contributed by atoms with E-state index in [1.807, 2.05) is 43.3 Å². The highest BCUT2D eigenvalue weighted by Gasteiger charge is 2.16. The number of hydrogen-bond acceptors (Lipinski definition) is 3. The third kappa shape index (κ3) is 4.93. The van der Waals surface area contributed by atoms with E-state index in [0.717, 1.165) is 60.9 Å². The first-order valence-electron chi connectivity index (χ1n) is 9.21. The van der Waals surface area contributed by atoms with E-state index in [9.17, 15) is 0 Å². The van der Waals surface area contributed by atoms with Crippen molar-refractivity contribution in [2.75, 3.05) is 13.2 Å². The van der Waals surface area contributed by atoms with Crippen LogP contribution in [0.2, 0.25) is 0 Å². The van der Waals surface area contributed by atoms with Crippen molar-refractivity contribution in [1.82, 2.24) is 4.98 Å². The van der Waals surface area contributed by atoms with Gasteiger partial charge in [-0.1, -0.05) is 72.8 Å². The van der Waals surface area contributed by atoms with Crippen LogP contribution < -0.4 is 0 Å². The molecule has 0 bridgehead atoms. The van der Waals surface area contributed by atoms with Crippen molar-refractivity contribution in [2.24, 2.45) is 0 Å². The molecule has 0 aliphatic heterocycles. The minimum Gasteiger partial charge on any atom is -0.440 e. The van der Waals surface area contributed by atoms with E-state index in [4.69, 9.17) is 14.1 Å². The van der Waals surface area contributed by atoms with Gasteiger partial charge in [-0.3, -0.25) is 0 Å². The molecule has 0 saturated heterocycles. The Labute approximate surface area is 155 Å². The summed E-state index contributed by atoms with van der Waals surface area (Å²) in [6.07, 6.45) is 6.99. The Kier molecular flexibility index (Phi) is 6.80. The summed E-state index contributed by atoms with van der Waals surface area (Å²) in [5.74, 6) is 1.62. The number of aryl methyl sites for hydroxylation is 1. The zero-order valence-electron chi connectivity index (χ0n) is 15.2. The summed E-state index contributed by atoms with van der Waals surface area (Å²) in [5, 5.41) is 0. The third-order valence-corrected chi connectivity index (χ3v) is 4.08. The molecule has 0 radical (unpaired) electrons. The van der Waals surface area contributed by atoms with Crippen LogP contribution in [0.4, 0.5) is 0 Å². The van der Waals surface area contributed by atoms with Crippen LogP contribution in [0.15, 0.2) is 77.2 Å². The van der Waals surface area contributed by atoms with Crippen LogP contribution in [0, 0.1) is 0 Å².